The average molecular weight is 241 g/mol. The predicted octanol–water partition coefficient (Wildman–Crippen LogP) is 0.0822. The summed E-state index contributed by atoms with van der Waals surface area (Å²) in [5.41, 5.74) is 0. The molecule has 1 N–H and O–H groups in total. The molecular formula is C13H27N3O. The summed E-state index contributed by atoms with van der Waals surface area (Å²) in [6.07, 6.45) is 4.04. The van der Waals surface area contributed by atoms with Crippen molar-refractivity contribution >= 4 is 0 Å². The number of aliphatic hydroxyl groups excluding tert-OH is 1. The van der Waals surface area contributed by atoms with Crippen LogP contribution in [0.15, 0.2) is 0 Å². The summed E-state index contributed by atoms with van der Waals surface area (Å²) in [7, 11) is 0. The van der Waals surface area contributed by atoms with Gasteiger partial charge in [0.25, 0.3) is 0 Å². The molecule has 0 spiro atoms. The lowest BCUT2D eigenvalue weighted by Crippen LogP contribution is -2.36. The van der Waals surface area contributed by atoms with Crippen molar-refractivity contribution in [2.24, 2.45) is 0 Å². The number of nitrogens with zero attached hydrogens (tertiary/aromatic N) is 3. The molecule has 0 amide bonds. The summed E-state index contributed by atoms with van der Waals surface area (Å²) in [5, 5.41) is 8.96. The summed E-state index contributed by atoms with van der Waals surface area (Å²) >= 11 is 0. The van der Waals surface area contributed by atoms with Crippen LogP contribution in [0.1, 0.15) is 19.3 Å². The summed E-state index contributed by atoms with van der Waals surface area (Å²) < 4.78 is 0. The zero-order valence-corrected chi connectivity index (χ0v) is 11.0. The molecule has 4 heteroatoms. The molecule has 2 rings (SSSR count). The van der Waals surface area contributed by atoms with Gasteiger partial charge in [0, 0.05) is 32.7 Å². The van der Waals surface area contributed by atoms with Gasteiger partial charge in [0.2, 0.25) is 0 Å². The number of hydrogen-bond acceptors (Lipinski definition) is 4. The van der Waals surface area contributed by atoms with Crippen LogP contribution in [0.3, 0.4) is 0 Å². The van der Waals surface area contributed by atoms with Crippen molar-refractivity contribution in [3.8, 4) is 0 Å². The van der Waals surface area contributed by atoms with Crippen molar-refractivity contribution in [1.82, 2.24) is 14.7 Å². The zero-order chi connectivity index (χ0) is 11.9. The Kier molecular flexibility index (Phi) is 5.71. The van der Waals surface area contributed by atoms with Gasteiger partial charge in [-0.05, 0) is 45.4 Å². The van der Waals surface area contributed by atoms with Crippen molar-refractivity contribution in [2.45, 2.75) is 19.3 Å². The second kappa shape index (κ2) is 7.31. The lowest BCUT2D eigenvalue weighted by atomic mass is 10.3. The Morgan fingerprint density at radius 1 is 0.588 bits per heavy atom. The molecule has 2 fully saturated rings. The molecule has 2 heterocycles. The van der Waals surface area contributed by atoms with Crippen LogP contribution in [0, 0.1) is 0 Å². The highest BCUT2D eigenvalue weighted by Gasteiger charge is 2.16. The molecule has 0 saturated carbocycles. The normalized spacial score (nSPS) is 25.2. The Morgan fingerprint density at radius 2 is 1.06 bits per heavy atom. The highest BCUT2D eigenvalue weighted by molar-refractivity contribution is 4.72. The molecule has 0 bridgehead atoms. The van der Waals surface area contributed by atoms with Crippen LogP contribution in [0.2, 0.25) is 0 Å². The first-order valence-corrected chi connectivity index (χ1v) is 7.16. The lowest BCUT2D eigenvalue weighted by Gasteiger charge is -2.24. The molecule has 0 aromatic heterocycles. The van der Waals surface area contributed by atoms with Gasteiger partial charge < -0.3 is 14.9 Å². The molecule has 0 aromatic carbocycles. The predicted molar refractivity (Wildman–Crippen MR) is 70.3 cm³/mol. The topological polar surface area (TPSA) is 30.0 Å². The molecule has 2 aliphatic heterocycles. The molecule has 0 aliphatic carbocycles. The van der Waals surface area contributed by atoms with Crippen LogP contribution in [0.5, 0.6) is 0 Å². The van der Waals surface area contributed by atoms with Gasteiger partial charge in [-0.1, -0.05) is 0 Å². The van der Waals surface area contributed by atoms with Gasteiger partial charge in [0.1, 0.15) is 0 Å². The van der Waals surface area contributed by atoms with E-state index in [4.69, 9.17) is 5.11 Å². The Morgan fingerprint density at radius 3 is 1.65 bits per heavy atom. The third-order valence-corrected chi connectivity index (χ3v) is 4.03. The minimum Gasteiger partial charge on any atom is -0.395 e. The van der Waals surface area contributed by atoms with E-state index in [2.05, 4.69) is 14.7 Å². The average Bonchev–Trinajstić information content (AvgIpc) is 2.75. The van der Waals surface area contributed by atoms with Crippen molar-refractivity contribution in [1.29, 1.82) is 0 Å². The van der Waals surface area contributed by atoms with Gasteiger partial charge >= 0.3 is 0 Å². The van der Waals surface area contributed by atoms with Crippen LogP contribution >= 0.6 is 0 Å². The molecule has 0 atom stereocenters. The van der Waals surface area contributed by atoms with Crippen molar-refractivity contribution in [2.75, 3.05) is 65.5 Å². The van der Waals surface area contributed by atoms with E-state index in [-0.39, 0.29) is 0 Å². The number of β-amino-alcohol motifs (C(OH)–C–C–N with tert-alkyl or cyclic N) is 1. The summed E-state index contributed by atoms with van der Waals surface area (Å²) in [4.78, 5) is 7.57. The maximum atomic E-state index is 8.96. The van der Waals surface area contributed by atoms with E-state index >= 15 is 0 Å². The van der Waals surface area contributed by atoms with Crippen LogP contribution < -0.4 is 0 Å². The maximum Gasteiger partial charge on any atom is 0.0558 e. The molecule has 100 valence electrons. The van der Waals surface area contributed by atoms with Gasteiger partial charge in [0.05, 0.1) is 6.61 Å². The standard InChI is InChI=1S/C13H27N3O/c17-13-12-16-7-3-6-15(10-11-16)9-8-14-4-1-2-5-14/h17H,1-13H2. The number of hydrogen-bond donors (Lipinski definition) is 1. The second-order valence-electron chi connectivity index (χ2n) is 5.31. The van der Waals surface area contributed by atoms with E-state index in [1.54, 1.807) is 0 Å². The van der Waals surface area contributed by atoms with Gasteiger partial charge in [-0.25, -0.2) is 0 Å². The smallest absolute Gasteiger partial charge is 0.0558 e. The van der Waals surface area contributed by atoms with Gasteiger partial charge in [-0.15, -0.1) is 0 Å². The van der Waals surface area contributed by atoms with Crippen LogP contribution in [0.25, 0.3) is 0 Å². The third kappa shape index (κ3) is 4.54. The molecule has 0 aromatic rings. The largest absolute Gasteiger partial charge is 0.395 e. The second-order valence-corrected chi connectivity index (χ2v) is 5.31. The van der Waals surface area contributed by atoms with Crippen molar-refractivity contribution in [3.05, 3.63) is 0 Å². The van der Waals surface area contributed by atoms with Crippen LogP contribution in [-0.4, -0.2) is 85.3 Å². The molecule has 2 saturated heterocycles. The lowest BCUT2D eigenvalue weighted by molar-refractivity contribution is 0.192. The minimum absolute atomic E-state index is 0.299. The molecule has 0 radical (unpaired) electrons. The molecule has 0 unspecified atom stereocenters. The van der Waals surface area contributed by atoms with Crippen LogP contribution in [-0.2, 0) is 0 Å². The fourth-order valence-electron chi connectivity index (χ4n) is 2.90. The fraction of sp³-hybridized carbons (Fsp3) is 1.00. The first-order chi connectivity index (χ1) is 8.38. The monoisotopic (exact) mass is 241 g/mol. The number of likely N-dealkylation sites (tertiary alicyclic amines) is 1. The van der Waals surface area contributed by atoms with Gasteiger partial charge in [-0.2, -0.15) is 0 Å². The highest BCUT2D eigenvalue weighted by atomic mass is 16.3. The zero-order valence-electron chi connectivity index (χ0n) is 11.0. The maximum absolute atomic E-state index is 8.96. The van der Waals surface area contributed by atoms with E-state index in [1.165, 1.54) is 58.5 Å². The Labute approximate surface area is 105 Å². The summed E-state index contributed by atoms with van der Waals surface area (Å²) in [5.74, 6) is 0. The summed E-state index contributed by atoms with van der Waals surface area (Å²) in [6, 6.07) is 0. The van der Waals surface area contributed by atoms with Crippen molar-refractivity contribution in [3.63, 3.8) is 0 Å². The van der Waals surface area contributed by atoms with E-state index in [1.807, 2.05) is 0 Å². The fourth-order valence-corrected chi connectivity index (χ4v) is 2.90. The van der Waals surface area contributed by atoms with Crippen molar-refractivity contribution < 1.29 is 5.11 Å². The first-order valence-electron chi connectivity index (χ1n) is 7.16. The SMILES string of the molecule is OCCN1CCCN(CCN2CCCC2)CC1. The van der Waals surface area contributed by atoms with E-state index in [0.29, 0.717) is 6.61 Å². The first kappa shape index (κ1) is 13.3. The van der Waals surface area contributed by atoms with E-state index in [9.17, 15) is 0 Å². The van der Waals surface area contributed by atoms with Crippen LogP contribution in [0.4, 0.5) is 0 Å². The third-order valence-electron chi connectivity index (χ3n) is 4.03. The summed E-state index contributed by atoms with van der Waals surface area (Å²) in [6.45, 7) is 10.9. The molecule has 17 heavy (non-hydrogen) atoms. The van der Waals surface area contributed by atoms with E-state index in [0.717, 1.165) is 19.6 Å². The molecule has 4 nitrogen and oxygen atoms in total. The van der Waals surface area contributed by atoms with Gasteiger partial charge in [0.15, 0.2) is 0 Å². The Hall–Kier alpha value is -0.160. The molecular weight excluding hydrogens is 214 g/mol. The Bertz CT molecular complexity index is 207. The Balaban J connectivity index is 1.63. The minimum atomic E-state index is 0.299. The quantitative estimate of drug-likeness (QED) is 0.738. The van der Waals surface area contributed by atoms with Gasteiger partial charge in [-0.3, -0.25) is 4.90 Å². The van der Waals surface area contributed by atoms with E-state index < -0.39 is 0 Å². The number of rotatable bonds is 5. The number of aliphatic hydroxyl groups is 1. The molecule has 2 aliphatic rings. The highest BCUT2D eigenvalue weighted by Crippen LogP contribution is 2.08.